The van der Waals surface area contributed by atoms with E-state index in [9.17, 15) is 4.79 Å². The first-order valence-electron chi connectivity index (χ1n) is 3.78. The van der Waals surface area contributed by atoms with E-state index in [1.54, 1.807) is 18.4 Å². The van der Waals surface area contributed by atoms with Crippen molar-refractivity contribution in [3.63, 3.8) is 0 Å². The van der Waals surface area contributed by atoms with Gasteiger partial charge in [0.05, 0.1) is 20.0 Å². The summed E-state index contributed by atoms with van der Waals surface area (Å²) in [5.41, 5.74) is 6.05. The third-order valence-corrected chi connectivity index (χ3v) is 3.47. The molecule has 1 aromatic rings. The molecule has 0 fully saturated rings. The Bertz CT molecular complexity index is 364. The average molecular weight is 340 g/mol. The topological polar surface area (TPSA) is 46.3 Å². The summed E-state index contributed by atoms with van der Waals surface area (Å²) in [7, 11) is 1.69. The van der Waals surface area contributed by atoms with E-state index < -0.39 is 0 Å². The van der Waals surface area contributed by atoms with Gasteiger partial charge in [0.15, 0.2) is 0 Å². The van der Waals surface area contributed by atoms with Gasteiger partial charge >= 0.3 is 0 Å². The number of hydrogen-bond donors (Lipinski definition) is 1. The van der Waals surface area contributed by atoms with E-state index in [1.165, 1.54) is 4.90 Å². The van der Waals surface area contributed by atoms with Gasteiger partial charge in [0.2, 0.25) is 0 Å². The summed E-state index contributed by atoms with van der Waals surface area (Å²) in [6.45, 7) is 0.320. The van der Waals surface area contributed by atoms with E-state index in [1.807, 2.05) is 11.4 Å². The minimum absolute atomic E-state index is 0.0445. The lowest BCUT2D eigenvalue weighted by Gasteiger charge is -2.14. The van der Waals surface area contributed by atoms with Gasteiger partial charge in [-0.2, -0.15) is 0 Å². The molecule has 0 saturated heterocycles. The number of nitrogens with zero attached hydrogens (tertiary/aromatic N) is 1. The maximum absolute atomic E-state index is 11.7. The predicted octanol–water partition coefficient (Wildman–Crippen LogP) is 1.71. The lowest BCUT2D eigenvalue weighted by atomic mass is 10.3. The fourth-order valence-electron chi connectivity index (χ4n) is 0.948. The molecule has 14 heavy (non-hydrogen) atoms. The molecule has 1 heterocycles. The van der Waals surface area contributed by atoms with Gasteiger partial charge in [-0.3, -0.25) is 4.79 Å². The van der Waals surface area contributed by atoms with Crippen LogP contribution in [0.1, 0.15) is 10.4 Å². The van der Waals surface area contributed by atoms with E-state index in [2.05, 4.69) is 22.6 Å². The molecule has 1 rings (SSSR count). The van der Waals surface area contributed by atoms with Gasteiger partial charge in [-0.25, -0.2) is 0 Å². The number of halogens is 1. The number of hydrogen-bond acceptors (Lipinski definition) is 3. The summed E-state index contributed by atoms with van der Waals surface area (Å²) in [6, 6.07) is 1.85. The summed E-state index contributed by atoms with van der Waals surface area (Å²) < 4.78 is 1.09. The molecule has 0 saturated carbocycles. The Morgan fingerprint density at radius 2 is 2.43 bits per heavy atom. The van der Waals surface area contributed by atoms with Crippen LogP contribution in [0, 0.1) is 2.88 Å². The van der Waals surface area contributed by atoms with E-state index in [0.29, 0.717) is 17.1 Å². The summed E-state index contributed by atoms with van der Waals surface area (Å²) in [5, 5.41) is 1.83. The van der Waals surface area contributed by atoms with Crippen LogP contribution in [-0.2, 0) is 0 Å². The van der Waals surface area contributed by atoms with E-state index in [-0.39, 0.29) is 5.91 Å². The number of amides is 1. The number of nitrogens with two attached hydrogens (primary N) is 1. The largest absolute Gasteiger partial charge is 0.392 e. The number of thiophene rings is 1. The van der Waals surface area contributed by atoms with Crippen LogP contribution in [0.5, 0.6) is 0 Å². The first kappa shape index (κ1) is 11.9. The molecule has 0 spiro atoms. The van der Waals surface area contributed by atoms with Crippen molar-refractivity contribution in [2.75, 3.05) is 13.6 Å². The van der Waals surface area contributed by atoms with E-state index in [4.69, 9.17) is 18.0 Å². The third kappa shape index (κ3) is 3.18. The highest BCUT2D eigenvalue weighted by Gasteiger charge is 2.13. The monoisotopic (exact) mass is 340 g/mol. The lowest BCUT2D eigenvalue weighted by Crippen LogP contribution is -2.34. The van der Waals surface area contributed by atoms with Gasteiger partial charge < -0.3 is 10.6 Å². The van der Waals surface area contributed by atoms with Crippen molar-refractivity contribution in [3.8, 4) is 0 Å². The number of carbonyl (C=O) groups is 1. The molecule has 0 aromatic carbocycles. The Morgan fingerprint density at radius 3 is 2.86 bits per heavy atom. The van der Waals surface area contributed by atoms with Gasteiger partial charge in [0.25, 0.3) is 5.91 Å². The van der Waals surface area contributed by atoms with Gasteiger partial charge in [-0.15, -0.1) is 11.3 Å². The van der Waals surface area contributed by atoms with Crippen LogP contribution in [0.3, 0.4) is 0 Å². The number of likely N-dealkylation sites (N-methyl/N-ethyl adjacent to an activating group) is 1. The molecule has 76 valence electrons. The second kappa shape index (κ2) is 5.04. The van der Waals surface area contributed by atoms with Crippen LogP contribution in [0.2, 0.25) is 0 Å². The molecule has 0 radical (unpaired) electrons. The maximum atomic E-state index is 11.7. The number of carbonyl (C=O) groups excluding carboxylic acids is 1. The Hall–Kier alpha value is -0.210. The van der Waals surface area contributed by atoms with Gasteiger partial charge in [-0.05, 0) is 28.7 Å². The molecule has 6 heteroatoms. The van der Waals surface area contributed by atoms with Gasteiger partial charge in [0.1, 0.15) is 0 Å². The molecule has 0 aliphatic rings. The third-order valence-electron chi connectivity index (χ3n) is 1.55. The Labute approximate surface area is 105 Å². The number of rotatable bonds is 3. The van der Waals surface area contributed by atoms with Crippen LogP contribution in [0.25, 0.3) is 0 Å². The van der Waals surface area contributed by atoms with Crippen molar-refractivity contribution in [1.82, 2.24) is 4.90 Å². The molecule has 0 unspecified atom stereocenters. The Balaban J connectivity index is 2.70. The van der Waals surface area contributed by atoms with Crippen molar-refractivity contribution in [2.24, 2.45) is 5.73 Å². The smallest absolute Gasteiger partial charge is 0.254 e. The fraction of sp³-hybridized carbons (Fsp3) is 0.250. The second-order valence-electron chi connectivity index (χ2n) is 2.77. The Morgan fingerprint density at radius 1 is 1.79 bits per heavy atom. The zero-order chi connectivity index (χ0) is 10.7. The van der Waals surface area contributed by atoms with Gasteiger partial charge in [0, 0.05) is 12.4 Å². The zero-order valence-corrected chi connectivity index (χ0v) is 11.3. The molecule has 1 aromatic heterocycles. The number of thiocarbonyl (C=S) groups is 1. The van der Waals surface area contributed by atoms with Crippen molar-refractivity contribution in [1.29, 1.82) is 0 Å². The standard InChI is InChI=1S/C8H9IN2OS2/c1-11(3-7(10)13)8(12)5-2-6(9)14-4-5/h2,4H,3H2,1H3,(H2,10,13). The highest BCUT2D eigenvalue weighted by Crippen LogP contribution is 2.17. The van der Waals surface area contributed by atoms with E-state index in [0.717, 1.165) is 2.88 Å². The Kier molecular flexibility index (Phi) is 4.27. The van der Waals surface area contributed by atoms with Crippen molar-refractivity contribution in [2.45, 2.75) is 0 Å². The molecule has 0 atom stereocenters. The molecule has 0 aliphatic heterocycles. The van der Waals surface area contributed by atoms with Gasteiger partial charge in [-0.1, -0.05) is 12.2 Å². The first-order valence-corrected chi connectivity index (χ1v) is 6.15. The van der Waals surface area contributed by atoms with Crippen LogP contribution >= 0.6 is 46.1 Å². The fourth-order valence-corrected chi connectivity index (χ4v) is 2.46. The normalized spacial score (nSPS) is 9.86. The highest BCUT2D eigenvalue weighted by atomic mass is 127. The second-order valence-corrected chi connectivity index (χ2v) is 6.10. The SMILES string of the molecule is CN(CC(N)=S)C(=O)c1csc(I)c1. The highest BCUT2D eigenvalue weighted by molar-refractivity contribution is 14.1. The maximum Gasteiger partial charge on any atom is 0.254 e. The van der Waals surface area contributed by atoms with Crippen LogP contribution in [0.4, 0.5) is 0 Å². The quantitative estimate of drug-likeness (QED) is 0.673. The first-order chi connectivity index (χ1) is 6.50. The van der Waals surface area contributed by atoms with Crippen molar-refractivity contribution < 1.29 is 4.79 Å². The van der Waals surface area contributed by atoms with Crippen LogP contribution in [-0.4, -0.2) is 29.4 Å². The van der Waals surface area contributed by atoms with Crippen molar-refractivity contribution >= 4 is 57.0 Å². The van der Waals surface area contributed by atoms with Crippen molar-refractivity contribution in [3.05, 3.63) is 19.9 Å². The molecule has 0 aliphatic carbocycles. The van der Waals surface area contributed by atoms with Crippen LogP contribution < -0.4 is 5.73 Å². The summed E-state index contributed by atoms with van der Waals surface area (Å²) in [4.78, 5) is 13.5. The molecule has 3 nitrogen and oxygen atoms in total. The minimum Gasteiger partial charge on any atom is -0.392 e. The lowest BCUT2D eigenvalue weighted by molar-refractivity contribution is 0.0815. The van der Waals surface area contributed by atoms with Crippen LogP contribution in [0.15, 0.2) is 11.4 Å². The zero-order valence-electron chi connectivity index (χ0n) is 7.49. The molecular formula is C8H9IN2OS2. The average Bonchev–Trinajstić information content (AvgIpc) is 2.49. The minimum atomic E-state index is -0.0445. The molecule has 1 amide bonds. The molecule has 2 N–H and O–H groups in total. The summed E-state index contributed by atoms with van der Waals surface area (Å²) >= 11 is 8.46. The predicted molar refractivity (Wildman–Crippen MR) is 70.8 cm³/mol. The molecule has 0 bridgehead atoms. The molecular weight excluding hydrogens is 331 g/mol. The summed E-state index contributed by atoms with van der Waals surface area (Å²) in [5.74, 6) is -0.0445. The summed E-state index contributed by atoms with van der Waals surface area (Å²) in [6.07, 6.45) is 0. The van der Waals surface area contributed by atoms with E-state index >= 15 is 0 Å².